The molecule has 5 rings (SSSR count). The van der Waals surface area contributed by atoms with Crippen LogP contribution in [0, 0.1) is 6.92 Å². The Morgan fingerprint density at radius 3 is 2.60 bits per heavy atom. The number of carbonyl (C=O) groups is 1. The molecular weight excluding hydrogens is 556 g/mol. The molecule has 206 valence electrons. The highest BCUT2D eigenvalue weighted by Gasteiger charge is 2.22. The molecule has 12 nitrogen and oxygen atoms in total. The van der Waals surface area contributed by atoms with Crippen LogP contribution in [0.4, 0.5) is 5.69 Å². The molecule has 14 heteroatoms. The summed E-state index contributed by atoms with van der Waals surface area (Å²) in [6, 6.07) is 8.03. The molecule has 2 N–H and O–H groups in total. The minimum Gasteiger partial charge on any atom is -0.377 e. The molecule has 4 aromatic heterocycles. The Kier molecular flexibility index (Phi) is 6.80. The van der Waals surface area contributed by atoms with Crippen LogP contribution in [0.1, 0.15) is 34.6 Å². The van der Waals surface area contributed by atoms with Crippen LogP contribution in [-0.4, -0.2) is 49.9 Å². The van der Waals surface area contributed by atoms with E-state index in [1.54, 1.807) is 24.0 Å². The van der Waals surface area contributed by atoms with E-state index in [1.807, 2.05) is 43.9 Å². The SMILES string of the molecule is Cc1cc([C@@H](C)Nc2ccc(Cl)nc2C(=O)NS(C)(=O)=O)c2nc(-c3cc4cn(C)nc4cn3)n(C)c(=O)c2c1. The molecule has 0 spiro atoms. The Morgan fingerprint density at radius 1 is 1.12 bits per heavy atom. The predicted octanol–water partition coefficient (Wildman–Crippen LogP) is 3.10. The first-order valence-corrected chi connectivity index (χ1v) is 14.3. The highest BCUT2D eigenvalue weighted by atomic mass is 35.5. The van der Waals surface area contributed by atoms with Crippen LogP contribution in [0.2, 0.25) is 5.15 Å². The number of nitrogens with zero attached hydrogens (tertiary/aromatic N) is 6. The fraction of sp³-hybridized carbons (Fsp3) is 0.231. The first kappa shape index (κ1) is 27.2. The summed E-state index contributed by atoms with van der Waals surface area (Å²) in [5.41, 5.74) is 3.02. The second-order valence-electron chi connectivity index (χ2n) is 9.58. The van der Waals surface area contributed by atoms with Crippen LogP contribution in [0.3, 0.4) is 0 Å². The van der Waals surface area contributed by atoms with E-state index in [0.29, 0.717) is 28.0 Å². The molecule has 0 radical (unpaired) electrons. The topological polar surface area (TPSA) is 154 Å². The van der Waals surface area contributed by atoms with Crippen LogP contribution in [0.5, 0.6) is 0 Å². The summed E-state index contributed by atoms with van der Waals surface area (Å²) in [6.45, 7) is 3.70. The number of anilines is 1. The predicted molar refractivity (Wildman–Crippen MR) is 153 cm³/mol. The molecule has 40 heavy (non-hydrogen) atoms. The molecule has 5 aromatic rings. The molecule has 0 aliphatic heterocycles. The molecule has 0 saturated carbocycles. The maximum absolute atomic E-state index is 13.5. The van der Waals surface area contributed by atoms with Gasteiger partial charge in [0.25, 0.3) is 11.5 Å². The van der Waals surface area contributed by atoms with Crippen molar-refractivity contribution in [3.8, 4) is 11.5 Å². The number of fused-ring (bicyclic) bond motifs is 2. The lowest BCUT2D eigenvalue weighted by Gasteiger charge is -2.20. The smallest absolute Gasteiger partial charge is 0.285 e. The number of benzene rings is 1. The monoisotopic (exact) mass is 580 g/mol. The number of amides is 1. The van der Waals surface area contributed by atoms with Crippen LogP contribution < -0.4 is 15.6 Å². The third-order valence-corrected chi connectivity index (χ3v) is 7.05. The molecule has 0 aliphatic rings. The minimum atomic E-state index is -3.84. The number of halogens is 1. The van der Waals surface area contributed by atoms with Gasteiger partial charge in [-0.2, -0.15) is 5.10 Å². The van der Waals surface area contributed by atoms with E-state index in [2.05, 4.69) is 20.4 Å². The number of carbonyl (C=O) groups excluding carboxylic acids is 1. The van der Waals surface area contributed by atoms with Gasteiger partial charge in [-0.3, -0.25) is 23.8 Å². The number of hydrogen-bond donors (Lipinski definition) is 2. The molecule has 1 amide bonds. The van der Waals surface area contributed by atoms with Crippen molar-refractivity contribution in [1.29, 1.82) is 0 Å². The van der Waals surface area contributed by atoms with Crippen LogP contribution in [0.25, 0.3) is 33.3 Å². The second kappa shape index (κ2) is 9.99. The summed E-state index contributed by atoms with van der Waals surface area (Å²) in [5, 5.41) is 8.85. The first-order chi connectivity index (χ1) is 18.8. The Bertz CT molecular complexity index is 2000. The van der Waals surface area contributed by atoms with Crippen molar-refractivity contribution in [2.75, 3.05) is 11.6 Å². The molecule has 0 fully saturated rings. The zero-order chi connectivity index (χ0) is 28.9. The van der Waals surface area contributed by atoms with Gasteiger partial charge in [-0.1, -0.05) is 17.7 Å². The van der Waals surface area contributed by atoms with E-state index in [0.717, 1.165) is 22.7 Å². The Labute approximate surface area is 234 Å². The van der Waals surface area contributed by atoms with Gasteiger partial charge in [0.1, 0.15) is 16.4 Å². The molecule has 1 atom stereocenters. The van der Waals surface area contributed by atoms with Gasteiger partial charge in [0.2, 0.25) is 10.0 Å². The normalized spacial score (nSPS) is 12.6. The van der Waals surface area contributed by atoms with Crippen molar-refractivity contribution < 1.29 is 13.2 Å². The van der Waals surface area contributed by atoms with Gasteiger partial charge in [-0.05, 0) is 43.7 Å². The fourth-order valence-electron chi connectivity index (χ4n) is 4.54. The van der Waals surface area contributed by atoms with E-state index < -0.39 is 22.0 Å². The van der Waals surface area contributed by atoms with Crippen molar-refractivity contribution in [1.82, 2.24) is 34.0 Å². The lowest BCUT2D eigenvalue weighted by molar-refractivity contribution is 0.0977. The van der Waals surface area contributed by atoms with E-state index in [1.165, 1.54) is 16.7 Å². The van der Waals surface area contributed by atoms with Gasteiger partial charge in [0, 0.05) is 31.2 Å². The van der Waals surface area contributed by atoms with Gasteiger partial charge < -0.3 is 5.32 Å². The Morgan fingerprint density at radius 2 is 1.88 bits per heavy atom. The van der Waals surface area contributed by atoms with E-state index in [9.17, 15) is 18.0 Å². The van der Waals surface area contributed by atoms with Gasteiger partial charge in [0.15, 0.2) is 11.5 Å². The highest BCUT2D eigenvalue weighted by Crippen LogP contribution is 2.29. The Balaban J connectivity index is 1.62. The summed E-state index contributed by atoms with van der Waals surface area (Å²) in [5.74, 6) is -0.554. The second-order valence-corrected chi connectivity index (χ2v) is 11.7. The van der Waals surface area contributed by atoms with Crippen LogP contribution >= 0.6 is 11.6 Å². The van der Waals surface area contributed by atoms with Gasteiger partial charge in [-0.15, -0.1) is 0 Å². The van der Waals surface area contributed by atoms with Gasteiger partial charge in [0.05, 0.1) is 35.1 Å². The van der Waals surface area contributed by atoms with E-state index in [4.69, 9.17) is 16.6 Å². The molecule has 0 aliphatic carbocycles. The zero-order valence-corrected chi connectivity index (χ0v) is 23.8. The van der Waals surface area contributed by atoms with Crippen LogP contribution in [0.15, 0.2) is 47.5 Å². The average molecular weight is 581 g/mol. The fourth-order valence-corrected chi connectivity index (χ4v) is 5.12. The lowest BCUT2D eigenvalue weighted by atomic mass is 10.0. The highest BCUT2D eigenvalue weighted by molar-refractivity contribution is 7.89. The molecule has 0 saturated heterocycles. The number of aromatic nitrogens is 6. The summed E-state index contributed by atoms with van der Waals surface area (Å²) in [7, 11) is -0.371. The van der Waals surface area contributed by atoms with E-state index >= 15 is 0 Å². The molecule has 0 unspecified atom stereocenters. The standard InChI is InChI=1S/C26H25ClN8O4S/c1-13-8-16(14(2)29-18-6-7-21(27)30-23(18)25(36)33-40(5,38)39)22-17(9-13)26(37)35(4)24(31-22)19-10-15-12-34(3)32-20(15)11-28-19/h6-12,14,29H,1-5H3,(H,33,36)/t14-/m1/s1. The van der Waals surface area contributed by atoms with Gasteiger partial charge in [-0.25, -0.2) is 23.1 Å². The number of sulfonamides is 1. The lowest BCUT2D eigenvalue weighted by Crippen LogP contribution is -2.31. The molecular formula is C26H25ClN8O4S. The summed E-state index contributed by atoms with van der Waals surface area (Å²) < 4.78 is 28.4. The van der Waals surface area contributed by atoms with Crippen molar-refractivity contribution in [3.05, 3.63) is 75.1 Å². The van der Waals surface area contributed by atoms with Crippen molar-refractivity contribution in [2.24, 2.45) is 14.1 Å². The summed E-state index contributed by atoms with van der Waals surface area (Å²) in [6.07, 6.45) is 4.37. The summed E-state index contributed by atoms with van der Waals surface area (Å²) in [4.78, 5) is 39.6. The summed E-state index contributed by atoms with van der Waals surface area (Å²) >= 11 is 6.00. The molecule has 0 bridgehead atoms. The maximum Gasteiger partial charge on any atom is 0.285 e. The average Bonchev–Trinajstić information content (AvgIpc) is 3.25. The number of nitrogens with one attached hydrogen (secondary N) is 2. The largest absolute Gasteiger partial charge is 0.377 e. The maximum atomic E-state index is 13.5. The number of hydrogen-bond acceptors (Lipinski definition) is 9. The number of aryl methyl sites for hydroxylation is 2. The molecule has 4 heterocycles. The van der Waals surface area contributed by atoms with Gasteiger partial charge >= 0.3 is 0 Å². The number of pyridine rings is 2. The third-order valence-electron chi connectivity index (χ3n) is 6.28. The first-order valence-electron chi connectivity index (χ1n) is 12.1. The third kappa shape index (κ3) is 5.25. The minimum absolute atomic E-state index is 0.0192. The van der Waals surface area contributed by atoms with Crippen molar-refractivity contribution in [2.45, 2.75) is 19.9 Å². The van der Waals surface area contributed by atoms with Crippen molar-refractivity contribution >= 4 is 55.0 Å². The van der Waals surface area contributed by atoms with Crippen molar-refractivity contribution in [3.63, 3.8) is 0 Å². The zero-order valence-electron chi connectivity index (χ0n) is 22.2. The number of rotatable bonds is 6. The quantitative estimate of drug-likeness (QED) is 0.288. The molecule has 1 aromatic carbocycles. The van der Waals surface area contributed by atoms with Crippen LogP contribution in [-0.2, 0) is 24.1 Å². The Hall–Kier alpha value is -4.36. The van der Waals surface area contributed by atoms with E-state index in [-0.39, 0.29) is 22.1 Å².